The summed E-state index contributed by atoms with van der Waals surface area (Å²) in [7, 11) is 0. The topological polar surface area (TPSA) is 72.6 Å². The van der Waals surface area contributed by atoms with Crippen LogP contribution in [0.2, 0.25) is 0 Å². The number of para-hydroxylation sites is 1. The molecule has 2 rings (SSSR count). The zero-order valence-electron chi connectivity index (χ0n) is 16.4. The maximum atomic E-state index is 11.1. The first-order valence-electron chi connectivity index (χ1n) is 8.81. The summed E-state index contributed by atoms with van der Waals surface area (Å²) in [6, 6.07) is 13.9. The van der Waals surface area contributed by atoms with E-state index in [2.05, 4.69) is 23.7 Å². The van der Waals surface area contributed by atoms with Gasteiger partial charge in [0.1, 0.15) is 11.2 Å². The Morgan fingerprint density at radius 3 is 2.04 bits per heavy atom. The predicted octanol–water partition coefficient (Wildman–Crippen LogP) is 4.06. The summed E-state index contributed by atoms with van der Waals surface area (Å²) in [4.78, 5) is 10.7. The molecule has 0 saturated heterocycles. The molecule has 0 heterocycles. The number of hydrogen-bond donors (Lipinski definition) is 1. The fraction of sp³-hybridized carbons (Fsp3) is 0.304. The van der Waals surface area contributed by atoms with Gasteiger partial charge in [-0.2, -0.15) is 0 Å². The van der Waals surface area contributed by atoms with Gasteiger partial charge in [-0.1, -0.05) is 35.8 Å². The molecule has 5 nitrogen and oxygen atoms in total. The van der Waals surface area contributed by atoms with Crippen molar-refractivity contribution in [1.82, 2.24) is 0 Å². The van der Waals surface area contributed by atoms with E-state index in [4.69, 9.17) is 4.74 Å². The molecule has 144 valence electrons. The van der Waals surface area contributed by atoms with Gasteiger partial charge in [-0.15, -0.1) is 0 Å². The number of nitro benzene ring substituents is 1. The maximum Gasteiger partial charge on any atom is 0.274 e. The van der Waals surface area contributed by atoms with Crippen molar-refractivity contribution >= 4 is 5.69 Å². The molecule has 0 aliphatic rings. The second kappa shape index (κ2) is 8.71. The van der Waals surface area contributed by atoms with Crippen LogP contribution in [0.25, 0.3) is 0 Å². The minimum atomic E-state index is -1.03. The Morgan fingerprint density at radius 1 is 0.964 bits per heavy atom. The number of nitrogens with zero attached hydrogens (tertiary/aromatic N) is 1. The van der Waals surface area contributed by atoms with Crippen molar-refractivity contribution in [1.29, 1.82) is 0 Å². The Kier molecular flexibility index (Phi) is 6.59. The summed E-state index contributed by atoms with van der Waals surface area (Å²) < 4.78 is 5.80. The number of rotatable bonds is 4. The summed E-state index contributed by atoms with van der Waals surface area (Å²) in [5.41, 5.74) is 0.332. The third kappa shape index (κ3) is 6.89. The van der Waals surface area contributed by atoms with Crippen molar-refractivity contribution in [2.45, 2.75) is 45.5 Å². The lowest BCUT2D eigenvalue weighted by atomic mass is 10.1. The second-order valence-electron chi connectivity index (χ2n) is 7.32. The lowest BCUT2D eigenvalue weighted by Crippen LogP contribution is -2.22. The fourth-order valence-corrected chi connectivity index (χ4v) is 2.19. The number of ether oxygens (including phenoxy) is 1. The molecule has 0 amide bonds. The average molecular weight is 377 g/mol. The van der Waals surface area contributed by atoms with Gasteiger partial charge >= 0.3 is 0 Å². The van der Waals surface area contributed by atoms with Crippen molar-refractivity contribution in [3.63, 3.8) is 0 Å². The average Bonchev–Trinajstić information content (AvgIpc) is 2.63. The van der Waals surface area contributed by atoms with Gasteiger partial charge in [-0.05, 0) is 58.0 Å². The summed E-state index contributed by atoms with van der Waals surface area (Å²) >= 11 is 0. The van der Waals surface area contributed by atoms with Gasteiger partial charge in [-0.3, -0.25) is 10.1 Å². The van der Waals surface area contributed by atoms with Crippen LogP contribution >= 0.6 is 0 Å². The molecule has 0 unspecified atom stereocenters. The normalized spacial score (nSPS) is 11.0. The van der Waals surface area contributed by atoms with Gasteiger partial charge in [0.2, 0.25) is 0 Å². The van der Waals surface area contributed by atoms with Crippen molar-refractivity contribution in [3.05, 3.63) is 75.3 Å². The van der Waals surface area contributed by atoms with Gasteiger partial charge in [0.05, 0.1) is 17.1 Å². The molecule has 0 atom stereocenters. The highest BCUT2D eigenvalue weighted by molar-refractivity contribution is 5.43. The molecule has 0 radical (unpaired) electrons. The van der Waals surface area contributed by atoms with E-state index in [1.807, 2.05) is 38.1 Å². The molecule has 2 aromatic carbocycles. The van der Waals surface area contributed by atoms with Crippen LogP contribution < -0.4 is 0 Å². The summed E-state index contributed by atoms with van der Waals surface area (Å²) in [6.45, 7) is 7.00. The van der Waals surface area contributed by atoms with Crippen LogP contribution in [0.5, 0.6) is 0 Å². The zero-order valence-corrected chi connectivity index (χ0v) is 16.4. The Balaban J connectivity index is 2.06. The van der Waals surface area contributed by atoms with E-state index in [9.17, 15) is 15.2 Å². The van der Waals surface area contributed by atoms with E-state index >= 15 is 0 Å². The Labute approximate surface area is 165 Å². The first kappa shape index (κ1) is 21.2. The lowest BCUT2D eigenvalue weighted by Gasteiger charge is -2.18. The molecular formula is C23H23NO4. The van der Waals surface area contributed by atoms with E-state index in [0.717, 1.165) is 11.1 Å². The third-order valence-electron chi connectivity index (χ3n) is 3.68. The van der Waals surface area contributed by atoms with Crippen LogP contribution in [-0.2, 0) is 11.3 Å². The lowest BCUT2D eigenvalue weighted by molar-refractivity contribution is -0.386. The zero-order chi connectivity index (χ0) is 20.8. The summed E-state index contributed by atoms with van der Waals surface area (Å²) in [5.74, 6) is 11.8. The van der Waals surface area contributed by atoms with Crippen LogP contribution in [0.15, 0.2) is 48.5 Å². The first-order chi connectivity index (χ1) is 13.1. The summed E-state index contributed by atoms with van der Waals surface area (Å²) in [5, 5.41) is 20.7. The Hall–Kier alpha value is -3.12. The SMILES string of the molecule is CC(C)(O)C#Cc1ccc(C#CC(C)(C)OCc2ccccc2[N+](=O)[O-])cc1. The molecule has 0 spiro atoms. The van der Waals surface area contributed by atoms with Crippen LogP contribution in [-0.4, -0.2) is 21.2 Å². The first-order valence-corrected chi connectivity index (χ1v) is 8.81. The van der Waals surface area contributed by atoms with Crippen molar-refractivity contribution in [2.24, 2.45) is 0 Å². The molecule has 0 aliphatic heterocycles. The fourth-order valence-electron chi connectivity index (χ4n) is 2.19. The summed E-state index contributed by atoms with van der Waals surface area (Å²) in [6.07, 6.45) is 0. The highest BCUT2D eigenvalue weighted by atomic mass is 16.6. The molecular weight excluding hydrogens is 354 g/mol. The standard InChI is InChI=1S/C23H23NO4/c1-22(2,25)15-13-18-9-11-19(12-10-18)14-16-23(3,4)28-17-20-7-5-6-8-21(20)24(26)27/h5-12,25H,17H2,1-4H3. The largest absolute Gasteiger partial charge is 0.378 e. The highest BCUT2D eigenvalue weighted by Crippen LogP contribution is 2.21. The quantitative estimate of drug-likeness (QED) is 0.495. The van der Waals surface area contributed by atoms with E-state index < -0.39 is 16.1 Å². The predicted molar refractivity (Wildman–Crippen MR) is 108 cm³/mol. The van der Waals surface area contributed by atoms with Crippen LogP contribution in [0.4, 0.5) is 5.69 Å². The number of aliphatic hydroxyl groups is 1. The smallest absolute Gasteiger partial charge is 0.274 e. The molecule has 5 heteroatoms. The Morgan fingerprint density at radius 2 is 1.50 bits per heavy atom. The van der Waals surface area contributed by atoms with Crippen molar-refractivity contribution in [3.8, 4) is 23.7 Å². The molecule has 0 aromatic heterocycles. The van der Waals surface area contributed by atoms with E-state index in [1.54, 1.807) is 32.0 Å². The van der Waals surface area contributed by atoms with Gasteiger partial charge in [0.15, 0.2) is 0 Å². The molecule has 0 fully saturated rings. The van der Waals surface area contributed by atoms with E-state index in [-0.39, 0.29) is 12.3 Å². The van der Waals surface area contributed by atoms with Gasteiger partial charge < -0.3 is 9.84 Å². The Bertz CT molecular complexity index is 962. The van der Waals surface area contributed by atoms with Crippen molar-refractivity contribution in [2.75, 3.05) is 0 Å². The van der Waals surface area contributed by atoms with E-state index in [0.29, 0.717) is 5.56 Å². The van der Waals surface area contributed by atoms with Crippen LogP contribution in [0, 0.1) is 33.8 Å². The second-order valence-corrected chi connectivity index (χ2v) is 7.32. The number of benzene rings is 2. The highest BCUT2D eigenvalue weighted by Gasteiger charge is 2.18. The molecule has 2 aromatic rings. The number of hydrogen-bond acceptors (Lipinski definition) is 4. The molecule has 28 heavy (non-hydrogen) atoms. The van der Waals surface area contributed by atoms with Gasteiger partial charge in [-0.25, -0.2) is 0 Å². The molecule has 1 N–H and O–H groups in total. The van der Waals surface area contributed by atoms with Crippen LogP contribution in [0.3, 0.4) is 0 Å². The molecule has 0 bridgehead atoms. The third-order valence-corrected chi connectivity index (χ3v) is 3.68. The molecule has 0 aliphatic carbocycles. The minimum Gasteiger partial charge on any atom is -0.378 e. The van der Waals surface area contributed by atoms with Crippen molar-refractivity contribution < 1.29 is 14.8 Å². The van der Waals surface area contributed by atoms with E-state index in [1.165, 1.54) is 6.07 Å². The monoisotopic (exact) mass is 377 g/mol. The van der Waals surface area contributed by atoms with Gasteiger partial charge in [0, 0.05) is 17.2 Å². The minimum absolute atomic E-state index is 0.0361. The molecule has 0 saturated carbocycles. The number of nitro groups is 1. The van der Waals surface area contributed by atoms with Gasteiger partial charge in [0.25, 0.3) is 5.69 Å². The maximum absolute atomic E-state index is 11.1. The van der Waals surface area contributed by atoms with Crippen LogP contribution in [0.1, 0.15) is 44.4 Å².